The van der Waals surface area contributed by atoms with Gasteiger partial charge in [-0.3, -0.25) is 19.1 Å². The van der Waals surface area contributed by atoms with E-state index < -0.39 is 46.5 Å². The zero-order valence-electron chi connectivity index (χ0n) is 29.3. The Bertz CT molecular complexity index is 2490. The number of fused-ring (bicyclic) bond motifs is 2. The van der Waals surface area contributed by atoms with Crippen LogP contribution in [0.3, 0.4) is 0 Å². The van der Waals surface area contributed by atoms with Crippen molar-refractivity contribution in [1.82, 2.24) is 34.6 Å². The van der Waals surface area contributed by atoms with Crippen LogP contribution in [0, 0.1) is 11.6 Å². The number of H-pyrrole nitrogens is 1. The van der Waals surface area contributed by atoms with Gasteiger partial charge in [-0.2, -0.15) is 0 Å². The quantitative estimate of drug-likeness (QED) is 0.175. The van der Waals surface area contributed by atoms with Crippen molar-refractivity contribution in [1.29, 1.82) is 0 Å². The number of benzene rings is 2. The summed E-state index contributed by atoms with van der Waals surface area (Å²) in [7, 11) is 0. The van der Waals surface area contributed by atoms with Gasteiger partial charge in [0.05, 0.1) is 11.6 Å². The van der Waals surface area contributed by atoms with E-state index >= 15 is 4.39 Å². The first-order valence-electron chi connectivity index (χ1n) is 17.3. The Balaban J connectivity index is 1.12. The molecule has 0 saturated heterocycles. The Morgan fingerprint density at radius 2 is 1.66 bits per heavy atom. The predicted molar refractivity (Wildman–Crippen MR) is 194 cm³/mol. The molecular weight excluding hydrogens is 684 g/mol. The van der Waals surface area contributed by atoms with Crippen molar-refractivity contribution in [2.45, 2.75) is 70.7 Å². The number of nitrogens with one attached hydrogen (secondary N) is 3. The monoisotopic (exact) mass is 721 g/mol. The van der Waals surface area contributed by atoms with Gasteiger partial charge >= 0.3 is 11.8 Å². The normalized spacial score (nSPS) is 16.1. The summed E-state index contributed by atoms with van der Waals surface area (Å²) in [5.74, 6) is -1.58. The molecule has 0 bridgehead atoms. The number of carbonyl (C=O) groups excluding carboxylic acids is 2. The van der Waals surface area contributed by atoms with Gasteiger partial charge in [0.1, 0.15) is 34.2 Å². The maximum Gasteiger partial charge on any atom is 0.407 e. The summed E-state index contributed by atoms with van der Waals surface area (Å²) in [5.41, 5.74) is 1.42. The molecule has 0 unspecified atom stereocenters. The minimum atomic E-state index is -0.721. The van der Waals surface area contributed by atoms with Crippen molar-refractivity contribution in [3.05, 3.63) is 123 Å². The number of imidazole rings is 1. The first kappa shape index (κ1) is 35.2. The standard InChI is InChI=1S/C39H37F2N7O5/c1-39(2,3)53-38(52)43-18-22-6-4-7-23(16-22)24-8-5-9-25(17-24)32-29(41)19-42-34-33(32)36(50)48(37(51)46-34)28-13-11-27(12-14-28)44-35(49)30-21-47-20-26(40)10-15-31(47)45-30/h4-10,15-17,19-21,27-28H,11-14,18H2,1-3H3,(H,43,52)(H,44,49)(H,42,46,51). The van der Waals surface area contributed by atoms with E-state index in [2.05, 4.69) is 25.6 Å². The van der Waals surface area contributed by atoms with Crippen molar-refractivity contribution in [3.8, 4) is 22.3 Å². The Labute approximate surface area is 301 Å². The average Bonchev–Trinajstić information content (AvgIpc) is 3.55. The van der Waals surface area contributed by atoms with Gasteiger partial charge in [-0.15, -0.1) is 0 Å². The van der Waals surface area contributed by atoms with Gasteiger partial charge in [0.15, 0.2) is 0 Å². The second-order valence-electron chi connectivity index (χ2n) is 14.2. The van der Waals surface area contributed by atoms with Gasteiger partial charge in [0.2, 0.25) is 0 Å². The van der Waals surface area contributed by atoms with E-state index in [1.807, 2.05) is 30.3 Å². The van der Waals surface area contributed by atoms with Crippen LogP contribution in [0.15, 0.2) is 88.8 Å². The number of aromatic nitrogens is 5. The van der Waals surface area contributed by atoms with Crippen molar-refractivity contribution in [2.24, 2.45) is 0 Å². The number of nitrogens with zero attached hydrogens (tertiary/aromatic N) is 4. The summed E-state index contributed by atoms with van der Waals surface area (Å²) >= 11 is 0. The number of rotatable bonds is 7. The molecule has 0 aliphatic heterocycles. The maximum atomic E-state index is 15.7. The number of alkyl carbamates (subject to hydrolysis) is 1. The second-order valence-corrected chi connectivity index (χ2v) is 14.2. The highest BCUT2D eigenvalue weighted by atomic mass is 19.1. The number of aromatic amines is 1. The molecule has 6 aromatic rings. The fourth-order valence-corrected chi connectivity index (χ4v) is 6.79. The minimum absolute atomic E-state index is 0.0166. The molecule has 2 amide bonds. The van der Waals surface area contributed by atoms with Crippen LogP contribution in [-0.4, -0.2) is 47.6 Å². The molecule has 1 fully saturated rings. The number of hydrogen-bond acceptors (Lipinski definition) is 7. The van der Waals surface area contributed by atoms with Crippen LogP contribution in [0.4, 0.5) is 13.6 Å². The maximum absolute atomic E-state index is 15.7. The summed E-state index contributed by atoms with van der Waals surface area (Å²) in [6.07, 6.45) is 4.91. The molecule has 272 valence electrons. The van der Waals surface area contributed by atoms with E-state index in [1.54, 1.807) is 39.0 Å². The molecule has 1 aliphatic rings. The van der Waals surface area contributed by atoms with E-state index in [0.717, 1.165) is 27.5 Å². The topological polar surface area (TPSA) is 152 Å². The van der Waals surface area contributed by atoms with Crippen molar-refractivity contribution < 1.29 is 23.1 Å². The van der Waals surface area contributed by atoms with Gasteiger partial charge in [0, 0.05) is 36.6 Å². The Hall–Kier alpha value is -6.18. The third-order valence-electron chi connectivity index (χ3n) is 9.20. The molecule has 1 saturated carbocycles. The minimum Gasteiger partial charge on any atom is -0.444 e. The lowest BCUT2D eigenvalue weighted by Gasteiger charge is -2.29. The fourth-order valence-electron chi connectivity index (χ4n) is 6.79. The molecule has 0 atom stereocenters. The van der Waals surface area contributed by atoms with Crippen molar-refractivity contribution >= 4 is 28.7 Å². The van der Waals surface area contributed by atoms with Crippen LogP contribution in [0.2, 0.25) is 0 Å². The van der Waals surface area contributed by atoms with Gasteiger partial charge in [-0.25, -0.2) is 28.3 Å². The van der Waals surface area contributed by atoms with Crippen LogP contribution < -0.4 is 21.9 Å². The summed E-state index contributed by atoms with van der Waals surface area (Å²) in [6.45, 7) is 5.59. The first-order valence-corrected chi connectivity index (χ1v) is 17.3. The SMILES string of the molecule is CC(C)(C)OC(=O)NCc1cccc(-c2cccc(-c3c(F)cnc4[nH]c(=O)n(C5CCC(NC(=O)c6cn7cc(F)ccc7n6)CC5)c(=O)c34)c2)c1. The van der Waals surface area contributed by atoms with Crippen LogP contribution >= 0.6 is 0 Å². The molecular formula is C39H37F2N7O5. The lowest BCUT2D eigenvalue weighted by Crippen LogP contribution is -2.43. The molecule has 1 aliphatic carbocycles. The summed E-state index contributed by atoms with van der Waals surface area (Å²) in [4.78, 5) is 63.6. The van der Waals surface area contributed by atoms with E-state index in [1.165, 1.54) is 28.9 Å². The Morgan fingerprint density at radius 3 is 2.42 bits per heavy atom. The molecule has 0 spiro atoms. The average molecular weight is 722 g/mol. The Kier molecular flexibility index (Phi) is 9.37. The molecule has 4 heterocycles. The lowest BCUT2D eigenvalue weighted by molar-refractivity contribution is 0.0523. The van der Waals surface area contributed by atoms with Gasteiger partial charge in [-0.1, -0.05) is 36.4 Å². The summed E-state index contributed by atoms with van der Waals surface area (Å²) in [6, 6.07) is 16.6. The summed E-state index contributed by atoms with van der Waals surface area (Å²) < 4.78 is 37.2. The number of amides is 2. The van der Waals surface area contributed by atoms with Crippen LogP contribution in [0.1, 0.15) is 68.5 Å². The molecule has 53 heavy (non-hydrogen) atoms. The van der Waals surface area contributed by atoms with Crippen LogP contribution in [0.5, 0.6) is 0 Å². The molecule has 4 aromatic heterocycles. The molecule has 7 rings (SSSR count). The van der Waals surface area contributed by atoms with E-state index in [-0.39, 0.29) is 34.9 Å². The zero-order chi connectivity index (χ0) is 37.4. The number of carbonyl (C=O) groups is 2. The van der Waals surface area contributed by atoms with Gasteiger partial charge < -0.3 is 19.8 Å². The van der Waals surface area contributed by atoms with Gasteiger partial charge in [-0.05, 0) is 93.0 Å². The third-order valence-corrected chi connectivity index (χ3v) is 9.20. The highest BCUT2D eigenvalue weighted by Gasteiger charge is 2.28. The number of halogens is 2. The predicted octanol–water partition coefficient (Wildman–Crippen LogP) is 6.28. The first-order chi connectivity index (χ1) is 25.3. The second kappa shape index (κ2) is 14.1. The Morgan fingerprint density at radius 1 is 0.943 bits per heavy atom. The van der Waals surface area contributed by atoms with E-state index in [0.29, 0.717) is 36.9 Å². The zero-order valence-corrected chi connectivity index (χ0v) is 29.3. The number of pyridine rings is 2. The summed E-state index contributed by atoms with van der Waals surface area (Å²) in [5, 5.41) is 5.66. The third kappa shape index (κ3) is 7.57. The lowest BCUT2D eigenvalue weighted by atomic mass is 9.90. The smallest absolute Gasteiger partial charge is 0.407 e. The van der Waals surface area contributed by atoms with E-state index in [9.17, 15) is 23.6 Å². The molecule has 14 heteroatoms. The van der Waals surface area contributed by atoms with Crippen LogP contribution in [-0.2, 0) is 11.3 Å². The molecule has 12 nitrogen and oxygen atoms in total. The molecule has 3 N–H and O–H groups in total. The fraction of sp³-hybridized carbons (Fsp3) is 0.282. The van der Waals surface area contributed by atoms with E-state index in [4.69, 9.17) is 4.74 Å². The van der Waals surface area contributed by atoms with Crippen molar-refractivity contribution in [3.63, 3.8) is 0 Å². The van der Waals surface area contributed by atoms with Crippen molar-refractivity contribution in [2.75, 3.05) is 0 Å². The van der Waals surface area contributed by atoms with Gasteiger partial charge in [0.25, 0.3) is 11.5 Å². The molecule has 0 radical (unpaired) electrons. The highest BCUT2D eigenvalue weighted by Crippen LogP contribution is 2.32. The highest BCUT2D eigenvalue weighted by molar-refractivity contribution is 5.94. The number of hydrogen-bond donors (Lipinski definition) is 3. The number of ether oxygens (including phenoxy) is 1. The molecule has 2 aromatic carbocycles. The largest absolute Gasteiger partial charge is 0.444 e. The van der Waals surface area contributed by atoms with Crippen LogP contribution in [0.25, 0.3) is 38.9 Å².